The summed E-state index contributed by atoms with van der Waals surface area (Å²) in [7, 11) is 3.27. The van der Waals surface area contributed by atoms with E-state index in [1.807, 2.05) is 12.1 Å². The largest absolute Gasteiger partial charge is 0.493 e. The lowest BCUT2D eigenvalue weighted by molar-refractivity contribution is 0.355. The average Bonchev–Trinajstić information content (AvgIpc) is 2.43. The zero-order valence-corrected chi connectivity index (χ0v) is 11.9. The van der Waals surface area contributed by atoms with E-state index in [1.54, 1.807) is 20.5 Å². The standard InChI is InChI=1S/C15H20N2O2/c1-10(2)5-6-12-11-7-14(18-3)15(19-4)8-13(11)17-9-16-12/h7-10H,5-6H2,1-4H3. The summed E-state index contributed by atoms with van der Waals surface area (Å²) in [5.41, 5.74) is 1.96. The summed E-state index contributed by atoms with van der Waals surface area (Å²) in [6.45, 7) is 4.43. The van der Waals surface area contributed by atoms with Gasteiger partial charge in [0.05, 0.1) is 25.4 Å². The number of methoxy groups -OCH3 is 2. The Hall–Kier alpha value is -1.84. The molecule has 0 aliphatic carbocycles. The lowest BCUT2D eigenvalue weighted by Crippen LogP contribution is -1.99. The number of rotatable bonds is 5. The van der Waals surface area contributed by atoms with Gasteiger partial charge in [-0.3, -0.25) is 0 Å². The smallest absolute Gasteiger partial charge is 0.162 e. The van der Waals surface area contributed by atoms with Crippen LogP contribution >= 0.6 is 0 Å². The fourth-order valence-electron chi connectivity index (χ4n) is 2.06. The molecule has 1 aromatic carbocycles. The zero-order valence-electron chi connectivity index (χ0n) is 11.9. The molecule has 0 amide bonds. The molecule has 0 saturated heterocycles. The van der Waals surface area contributed by atoms with Crippen LogP contribution in [0.1, 0.15) is 26.0 Å². The maximum absolute atomic E-state index is 5.34. The molecule has 4 heteroatoms. The van der Waals surface area contributed by atoms with Crippen molar-refractivity contribution in [3.05, 3.63) is 24.2 Å². The first-order chi connectivity index (χ1) is 9.15. The second-order valence-corrected chi connectivity index (χ2v) is 4.98. The van der Waals surface area contributed by atoms with E-state index in [4.69, 9.17) is 9.47 Å². The van der Waals surface area contributed by atoms with Crippen molar-refractivity contribution >= 4 is 10.9 Å². The number of ether oxygens (including phenoxy) is 2. The Balaban J connectivity index is 2.48. The quantitative estimate of drug-likeness (QED) is 0.828. The molecule has 19 heavy (non-hydrogen) atoms. The van der Waals surface area contributed by atoms with Crippen molar-refractivity contribution in [2.75, 3.05) is 14.2 Å². The maximum Gasteiger partial charge on any atom is 0.162 e. The van der Waals surface area contributed by atoms with Crippen LogP contribution in [-0.2, 0) is 6.42 Å². The number of aryl methyl sites for hydroxylation is 1. The van der Waals surface area contributed by atoms with Gasteiger partial charge in [-0.15, -0.1) is 0 Å². The molecule has 1 aromatic heterocycles. The Morgan fingerprint density at radius 2 is 1.74 bits per heavy atom. The van der Waals surface area contributed by atoms with E-state index in [2.05, 4.69) is 23.8 Å². The van der Waals surface area contributed by atoms with Crippen LogP contribution < -0.4 is 9.47 Å². The molecule has 102 valence electrons. The highest BCUT2D eigenvalue weighted by Crippen LogP contribution is 2.32. The first kappa shape index (κ1) is 13.6. The predicted octanol–water partition coefficient (Wildman–Crippen LogP) is 3.24. The second kappa shape index (κ2) is 5.87. The fraction of sp³-hybridized carbons (Fsp3) is 0.467. The number of nitrogens with zero attached hydrogens (tertiary/aromatic N) is 2. The van der Waals surface area contributed by atoms with Gasteiger partial charge in [-0.25, -0.2) is 9.97 Å². The van der Waals surface area contributed by atoms with Crippen LogP contribution in [-0.4, -0.2) is 24.2 Å². The highest BCUT2D eigenvalue weighted by molar-refractivity contribution is 5.84. The van der Waals surface area contributed by atoms with E-state index < -0.39 is 0 Å². The molecule has 0 aliphatic rings. The molecule has 0 saturated carbocycles. The minimum absolute atomic E-state index is 0.658. The van der Waals surface area contributed by atoms with Gasteiger partial charge in [-0.1, -0.05) is 13.8 Å². The Bertz CT molecular complexity index is 567. The summed E-state index contributed by atoms with van der Waals surface area (Å²) in [5, 5.41) is 1.04. The molecule has 0 fully saturated rings. The Morgan fingerprint density at radius 3 is 2.37 bits per heavy atom. The summed E-state index contributed by atoms with van der Waals surface area (Å²) in [4.78, 5) is 8.71. The first-order valence-electron chi connectivity index (χ1n) is 6.51. The van der Waals surface area contributed by atoms with Gasteiger partial charge < -0.3 is 9.47 Å². The van der Waals surface area contributed by atoms with E-state index in [0.717, 1.165) is 35.2 Å². The molecule has 0 spiro atoms. The van der Waals surface area contributed by atoms with Gasteiger partial charge in [0, 0.05) is 11.5 Å². The molecule has 2 aromatic rings. The van der Waals surface area contributed by atoms with Crippen molar-refractivity contribution in [2.24, 2.45) is 5.92 Å². The summed E-state index contributed by atoms with van der Waals surface area (Å²) in [5.74, 6) is 2.07. The highest BCUT2D eigenvalue weighted by atomic mass is 16.5. The topological polar surface area (TPSA) is 44.2 Å². The highest BCUT2D eigenvalue weighted by Gasteiger charge is 2.11. The Kier molecular flexibility index (Phi) is 4.20. The predicted molar refractivity (Wildman–Crippen MR) is 75.8 cm³/mol. The van der Waals surface area contributed by atoms with E-state index in [1.165, 1.54) is 0 Å². The van der Waals surface area contributed by atoms with Crippen LogP contribution in [0.5, 0.6) is 11.5 Å². The van der Waals surface area contributed by atoms with Crippen molar-refractivity contribution in [3.63, 3.8) is 0 Å². The SMILES string of the molecule is COc1cc2ncnc(CCC(C)C)c2cc1OC. The minimum atomic E-state index is 0.658. The van der Waals surface area contributed by atoms with Gasteiger partial charge >= 0.3 is 0 Å². The third-order valence-electron chi connectivity index (χ3n) is 3.18. The van der Waals surface area contributed by atoms with Gasteiger partial charge in [0.25, 0.3) is 0 Å². The molecule has 0 atom stereocenters. The van der Waals surface area contributed by atoms with Gasteiger partial charge in [0.2, 0.25) is 0 Å². The summed E-state index contributed by atoms with van der Waals surface area (Å²) in [6, 6.07) is 3.86. The molecule has 0 N–H and O–H groups in total. The average molecular weight is 260 g/mol. The van der Waals surface area contributed by atoms with E-state index in [0.29, 0.717) is 11.7 Å². The van der Waals surface area contributed by atoms with Crippen molar-refractivity contribution in [2.45, 2.75) is 26.7 Å². The molecule has 0 radical (unpaired) electrons. The number of hydrogen-bond donors (Lipinski definition) is 0. The normalized spacial score (nSPS) is 11.0. The fourth-order valence-corrected chi connectivity index (χ4v) is 2.06. The molecule has 1 heterocycles. The van der Waals surface area contributed by atoms with Crippen LogP contribution in [0.25, 0.3) is 10.9 Å². The number of aromatic nitrogens is 2. The van der Waals surface area contributed by atoms with E-state index in [-0.39, 0.29) is 0 Å². The lowest BCUT2D eigenvalue weighted by Gasteiger charge is -2.11. The van der Waals surface area contributed by atoms with Crippen molar-refractivity contribution in [1.29, 1.82) is 0 Å². The number of hydrogen-bond acceptors (Lipinski definition) is 4. The monoisotopic (exact) mass is 260 g/mol. The van der Waals surface area contributed by atoms with Crippen molar-refractivity contribution < 1.29 is 9.47 Å². The molecule has 4 nitrogen and oxygen atoms in total. The third kappa shape index (κ3) is 2.95. The Labute approximate surface area is 113 Å². The lowest BCUT2D eigenvalue weighted by atomic mass is 10.0. The van der Waals surface area contributed by atoms with Crippen LogP contribution in [0, 0.1) is 5.92 Å². The molecular formula is C15H20N2O2. The summed E-state index contributed by atoms with van der Waals surface area (Å²) in [6.07, 6.45) is 3.68. The van der Waals surface area contributed by atoms with Gasteiger partial charge in [-0.2, -0.15) is 0 Å². The van der Waals surface area contributed by atoms with Crippen LogP contribution in [0.3, 0.4) is 0 Å². The third-order valence-corrected chi connectivity index (χ3v) is 3.18. The van der Waals surface area contributed by atoms with Gasteiger partial charge in [0.15, 0.2) is 11.5 Å². The first-order valence-corrected chi connectivity index (χ1v) is 6.51. The summed E-state index contributed by atoms with van der Waals surface area (Å²) >= 11 is 0. The number of fused-ring (bicyclic) bond motifs is 1. The molecular weight excluding hydrogens is 240 g/mol. The van der Waals surface area contributed by atoms with Gasteiger partial charge in [-0.05, 0) is 24.8 Å². The van der Waals surface area contributed by atoms with Crippen LogP contribution in [0.15, 0.2) is 18.5 Å². The molecule has 0 bridgehead atoms. The number of benzene rings is 1. The van der Waals surface area contributed by atoms with Crippen molar-refractivity contribution in [3.8, 4) is 11.5 Å². The second-order valence-electron chi connectivity index (χ2n) is 4.98. The molecule has 0 aliphatic heterocycles. The molecule has 2 rings (SSSR count). The Morgan fingerprint density at radius 1 is 1.05 bits per heavy atom. The zero-order chi connectivity index (χ0) is 13.8. The summed E-state index contributed by atoms with van der Waals surface area (Å²) < 4.78 is 10.6. The van der Waals surface area contributed by atoms with Crippen molar-refractivity contribution in [1.82, 2.24) is 9.97 Å². The molecule has 0 unspecified atom stereocenters. The van der Waals surface area contributed by atoms with Crippen LogP contribution in [0.4, 0.5) is 0 Å². The van der Waals surface area contributed by atoms with E-state index in [9.17, 15) is 0 Å². The van der Waals surface area contributed by atoms with E-state index >= 15 is 0 Å². The van der Waals surface area contributed by atoms with Gasteiger partial charge in [0.1, 0.15) is 6.33 Å². The van der Waals surface area contributed by atoms with Crippen LogP contribution in [0.2, 0.25) is 0 Å². The minimum Gasteiger partial charge on any atom is -0.493 e. The maximum atomic E-state index is 5.34.